The Morgan fingerprint density at radius 3 is 2.61 bits per heavy atom. The normalized spacial score (nSPS) is 11.1. The van der Waals surface area contributed by atoms with Gasteiger partial charge in [0.2, 0.25) is 10.0 Å². The molecule has 104 valence electrons. The van der Waals surface area contributed by atoms with Crippen molar-refractivity contribution in [3.8, 4) is 0 Å². The van der Waals surface area contributed by atoms with Crippen LogP contribution in [-0.4, -0.2) is 28.1 Å². The summed E-state index contributed by atoms with van der Waals surface area (Å²) in [7, 11) is -3.84. The van der Waals surface area contributed by atoms with Crippen molar-refractivity contribution in [3.63, 3.8) is 0 Å². The molecular weight excluding hydrogens is 302 g/mol. The van der Waals surface area contributed by atoms with Gasteiger partial charge in [0, 0.05) is 18.1 Å². The van der Waals surface area contributed by atoms with E-state index in [0.29, 0.717) is 6.54 Å². The Bertz CT molecular complexity index is 483. The first-order valence-electron chi connectivity index (χ1n) is 5.13. The summed E-state index contributed by atoms with van der Waals surface area (Å²) in [5.41, 5.74) is 0. The number of benzene rings is 1. The fourth-order valence-corrected chi connectivity index (χ4v) is 2.58. The number of nitrogens with one attached hydrogen (secondary N) is 2. The molecule has 0 heterocycles. The van der Waals surface area contributed by atoms with E-state index in [9.17, 15) is 12.8 Å². The lowest BCUT2D eigenvalue weighted by Crippen LogP contribution is -2.32. The van der Waals surface area contributed by atoms with E-state index in [1.54, 1.807) is 0 Å². The van der Waals surface area contributed by atoms with E-state index in [1.807, 2.05) is 6.92 Å². The number of hydrogen-bond acceptors (Lipinski definition) is 3. The minimum absolute atomic E-state index is 0. The molecule has 0 fully saturated rings. The van der Waals surface area contributed by atoms with E-state index in [-0.39, 0.29) is 24.0 Å². The summed E-state index contributed by atoms with van der Waals surface area (Å²) in [5, 5.41) is 3.13. The van der Waals surface area contributed by atoms with Gasteiger partial charge in [-0.05, 0) is 24.7 Å². The van der Waals surface area contributed by atoms with Crippen LogP contribution >= 0.6 is 24.0 Å². The molecule has 1 aromatic carbocycles. The van der Waals surface area contributed by atoms with Crippen LogP contribution in [0, 0.1) is 5.82 Å². The van der Waals surface area contributed by atoms with Crippen LogP contribution in [0.4, 0.5) is 4.39 Å². The smallest absolute Gasteiger partial charge is 0.243 e. The molecule has 0 unspecified atom stereocenters. The third-order valence-corrected chi connectivity index (χ3v) is 3.74. The van der Waals surface area contributed by atoms with Crippen molar-refractivity contribution in [2.75, 3.05) is 19.6 Å². The van der Waals surface area contributed by atoms with Gasteiger partial charge < -0.3 is 5.32 Å². The van der Waals surface area contributed by atoms with Gasteiger partial charge in [0.05, 0.1) is 0 Å². The van der Waals surface area contributed by atoms with E-state index in [1.165, 1.54) is 6.07 Å². The highest BCUT2D eigenvalue weighted by Crippen LogP contribution is 2.19. The Labute approximate surface area is 117 Å². The molecule has 4 nitrogen and oxygen atoms in total. The van der Waals surface area contributed by atoms with Crippen molar-refractivity contribution < 1.29 is 12.8 Å². The molecule has 0 aliphatic rings. The number of sulfonamides is 1. The highest BCUT2D eigenvalue weighted by molar-refractivity contribution is 7.89. The molecule has 0 bridgehead atoms. The summed E-state index contributed by atoms with van der Waals surface area (Å²) >= 11 is 5.64. The SMILES string of the molecule is CCNCCNS(=O)(=O)c1cc(Cl)ccc1F.Cl. The second kappa shape index (κ2) is 7.91. The largest absolute Gasteiger partial charge is 0.316 e. The van der Waals surface area contributed by atoms with Crippen molar-refractivity contribution in [2.24, 2.45) is 0 Å². The Hall–Kier alpha value is -0.400. The minimum Gasteiger partial charge on any atom is -0.316 e. The van der Waals surface area contributed by atoms with E-state index < -0.39 is 20.7 Å². The summed E-state index contributed by atoms with van der Waals surface area (Å²) in [6.45, 7) is 3.33. The van der Waals surface area contributed by atoms with Crippen molar-refractivity contribution in [1.29, 1.82) is 0 Å². The zero-order valence-corrected chi connectivity index (χ0v) is 12.1. The summed E-state index contributed by atoms with van der Waals surface area (Å²) < 4.78 is 39.1. The lowest BCUT2D eigenvalue weighted by atomic mass is 10.3. The van der Waals surface area contributed by atoms with Crippen LogP contribution in [0.5, 0.6) is 0 Å². The van der Waals surface area contributed by atoms with E-state index in [4.69, 9.17) is 11.6 Å². The van der Waals surface area contributed by atoms with Crippen LogP contribution in [0.2, 0.25) is 5.02 Å². The average Bonchev–Trinajstić information content (AvgIpc) is 2.28. The molecule has 0 radical (unpaired) electrons. The topological polar surface area (TPSA) is 58.2 Å². The van der Waals surface area contributed by atoms with Crippen molar-refractivity contribution >= 4 is 34.0 Å². The third kappa shape index (κ3) is 5.07. The van der Waals surface area contributed by atoms with E-state index >= 15 is 0 Å². The highest BCUT2D eigenvalue weighted by Gasteiger charge is 2.18. The highest BCUT2D eigenvalue weighted by atomic mass is 35.5. The van der Waals surface area contributed by atoms with Gasteiger partial charge in [-0.1, -0.05) is 18.5 Å². The predicted molar refractivity (Wildman–Crippen MR) is 72.4 cm³/mol. The molecule has 2 N–H and O–H groups in total. The molecule has 1 aromatic rings. The van der Waals surface area contributed by atoms with Crippen LogP contribution in [0.3, 0.4) is 0 Å². The van der Waals surface area contributed by atoms with Crippen LogP contribution < -0.4 is 10.0 Å². The monoisotopic (exact) mass is 316 g/mol. The fraction of sp³-hybridized carbons (Fsp3) is 0.400. The maximum absolute atomic E-state index is 13.3. The first-order chi connectivity index (χ1) is 7.97. The molecule has 0 spiro atoms. The molecule has 1 rings (SSSR count). The summed E-state index contributed by atoms with van der Waals surface area (Å²) in [5.74, 6) is -0.814. The van der Waals surface area contributed by atoms with Crippen LogP contribution in [0.15, 0.2) is 23.1 Å². The quantitative estimate of drug-likeness (QED) is 0.787. The molecule has 0 aromatic heterocycles. The first-order valence-corrected chi connectivity index (χ1v) is 6.99. The van der Waals surface area contributed by atoms with Crippen molar-refractivity contribution in [3.05, 3.63) is 29.0 Å². The zero-order valence-electron chi connectivity index (χ0n) is 9.74. The number of likely N-dealkylation sites (N-methyl/N-ethyl adjacent to an activating group) is 1. The Kier molecular flexibility index (Phi) is 7.73. The zero-order chi connectivity index (χ0) is 12.9. The van der Waals surface area contributed by atoms with Crippen molar-refractivity contribution in [2.45, 2.75) is 11.8 Å². The van der Waals surface area contributed by atoms with Gasteiger partial charge in [0.15, 0.2) is 0 Å². The standard InChI is InChI=1S/C10H14ClFN2O2S.ClH/c1-2-13-5-6-14-17(15,16)10-7-8(11)3-4-9(10)12;/h3-4,7,13-14H,2,5-6H2,1H3;1H. The van der Waals surface area contributed by atoms with Gasteiger partial charge in [-0.3, -0.25) is 0 Å². The van der Waals surface area contributed by atoms with Gasteiger partial charge in [0.25, 0.3) is 0 Å². The molecule has 0 amide bonds. The first kappa shape index (κ1) is 17.6. The molecular formula is C10H15Cl2FN2O2S. The van der Waals surface area contributed by atoms with Crippen LogP contribution in [0.25, 0.3) is 0 Å². The van der Waals surface area contributed by atoms with Gasteiger partial charge in [-0.15, -0.1) is 12.4 Å². The van der Waals surface area contributed by atoms with Crippen LogP contribution in [-0.2, 0) is 10.0 Å². The molecule has 8 heteroatoms. The van der Waals surface area contributed by atoms with Crippen molar-refractivity contribution in [1.82, 2.24) is 10.0 Å². The summed E-state index contributed by atoms with van der Waals surface area (Å²) in [4.78, 5) is -0.429. The molecule has 0 saturated carbocycles. The molecule has 0 saturated heterocycles. The lowest BCUT2D eigenvalue weighted by Gasteiger charge is -2.08. The number of hydrogen-bond donors (Lipinski definition) is 2. The minimum atomic E-state index is -3.84. The fourth-order valence-electron chi connectivity index (χ4n) is 1.21. The van der Waals surface area contributed by atoms with Gasteiger partial charge >= 0.3 is 0 Å². The van der Waals surface area contributed by atoms with Gasteiger partial charge in [-0.2, -0.15) is 0 Å². The third-order valence-electron chi connectivity index (χ3n) is 2.03. The predicted octanol–water partition coefficient (Wildman–Crippen LogP) is 1.79. The number of halogens is 3. The second-order valence-corrected chi connectivity index (χ2v) is 5.50. The van der Waals surface area contributed by atoms with E-state index in [2.05, 4.69) is 10.0 Å². The Morgan fingerprint density at radius 1 is 1.33 bits per heavy atom. The maximum atomic E-state index is 13.3. The second-order valence-electron chi connectivity index (χ2n) is 3.33. The van der Waals surface area contributed by atoms with E-state index in [0.717, 1.165) is 18.7 Å². The lowest BCUT2D eigenvalue weighted by molar-refractivity contribution is 0.554. The molecule has 0 aliphatic carbocycles. The van der Waals surface area contributed by atoms with Gasteiger partial charge in [-0.25, -0.2) is 17.5 Å². The maximum Gasteiger partial charge on any atom is 0.243 e. The molecule has 0 atom stereocenters. The van der Waals surface area contributed by atoms with Crippen LogP contribution in [0.1, 0.15) is 6.92 Å². The average molecular weight is 317 g/mol. The molecule has 18 heavy (non-hydrogen) atoms. The summed E-state index contributed by atoms with van der Waals surface area (Å²) in [6, 6.07) is 3.42. The van der Waals surface area contributed by atoms with Gasteiger partial charge in [0.1, 0.15) is 10.7 Å². The Morgan fingerprint density at radius 2 is 2.00 bits per heavy atom. The number of rotatable bonds is 6. The Balaban J connectivity index is 0.00000289. The molecule has 0 aliphatic heterocycles. The summed E-state index contributed by atoms with van der Waals surface area (Å²) in [6.07, 6.45) is 0.